The fourth-order valence-electron chi connectivity index (χ4n) is 1.50. The Morgan fingerprint density at radius 3 is 2.65 bits per heavy atom. The van der Waals surface area contributed by atoms with Crippen molar-refractivity contribution >= 4 is 11.9 Å². The highest BCUT2D eigenvalue weighted by Crippen LogP contribution is 2.09. The van der Waals surface area contributed by atoms with Crippen molar-refractivity contribution < 1.29 is 19.1 Å². The lowest BCUT2D eigenvalue weighted by molar-refractivity contribution is -0.137. The van der Waals surface area contributed by atoms with E-state index in [1.165, 1.54) is 11.2 Å². The van der Waals surface area contributed by atoms with Gasteiger partial charge >= 0.3 is 5.97 Å². The standard InChI is InChI=1S/C12H17NO4/c1-9(2)8-13(6-5-11(14)15)12(16)10-4-3-7-17-10/h3-4,7,9H,5-6,8H2,1-2H3,(H,14,15). The minimum absolute atomic E-state index is 0.0564. The molecule has 1 heterocycles. The van der Waals surface area contributed by atoms with Crippen LogP contribution in [0.2, 0.25) is 0 Å². The van der Waals surface area contributed by atoms with E-state index < -0.39 is 5.97 Å². The minimum atomic E-state index is -0.911. The van der Waals surface area contributed by atoms with E-state index in [2.05, 4.69) is 0 Å². The minimum Gasteiger partial charge on any atom is -0.481 e. The van der Waals surface area contributed by atoms with E-state index in [0.29, 0.717) is 6.54 Å². The summed E-state index contributed by atoms with van der Waals surface area (Å²) >= 11 is 0. The number of hydrogen-bond donors (Lipinski definition) is 1. The summed E-state index contributed by atoms with van der Waals surface area (Å²) < 4.78 is 5.03. The first kappa shape index (κ1) is 13.3. The summed E-state index contributed by atoms with van der Waals surface area (Å²) in [6.45, 7) is 4.67. The van der Waals surface area contributed by atoms with Gasteiger partial charge in [0.05, 0.1) is 12.7 Å². The molecule has 1 N–H and O–H groups in total. The second-order valence-corrected chi connectivity index (χ2v) is 4.27. The van der Waals surface area contributed by atoms with Crippen molar-refractivity contribution in [2.45, 2.75) is 20.3 Å². The second kappa shape index (κ2) is 6.08. The van der Waals surface area contributed by atoms with Crippen LogP contribution in [-0.2, 0) is 4.79 Å². The molecule has 0 aliphatic rings. The van der Waals surface area contributed by atoms with Crippen molar-refractivity contribution in [3.8, 4) is 0 Å². The lowest BCUT2D eigenvalue weighted by Crippen LogP contribution is -2.35. The van der Waals surface area contributed by atoms with Crippen LogP contribution in [-0.4, -0.2) is 35.0 Å². The number of furan rings is 1. The van der Waals surface area contributed by atoms with E-state index in [4.69, 9.17) is 9.52 Å². The van der Waals surface area contributed by atoms with Gasteiger partial charge in [-0.05, 0) is 18.1 Å². The highest BCUT2D eigenvalue weighted by atomic mass is 16.4. The van der Waals surface area contributed by atoms with Crippen LogP contribution in [0.25, 0.3) is 0 Å². The average molecular weight is 239 g/mol. The molecule has 1 aromatic rings. The lowest BCUT2D eigenvalue weighted by Gasteiger charge is -2.22. The molecule has 0 aromatic carbocycles. The van der Waals surface area contributed by atoms with Crippen molar-refractivity contribution in [3.05, 3.63) is 24.2 Å². The van der Waals surface area contributed by atoms with Gasteiger partial charge in [0.1, 0.15) is 0 Å². The second-order valence-electron chi connectivity index (χ2n) is 4.27. The fraction of sp³-hybridized carbons (Fsp3) is 0.500. The molecule has 0 saturated heterocycles. The Morgan fingerprint density at radius 1 is 1.47 bits per heavy atom. The molecule has 5 heteroatoms. The summed E-state index contributed by atoms with van der Waals surface area (Å²) in [4.78, 5) is 24.0. The van der Waals surface area contributed by atoms with Crippen molar-refractivity contribution in [2.24, 2.45) is 5.92 Å². The van der Waals surface area contributed by atoms with E-state index in [1.807, 2.05) is 13.8 Å². The number of rotatable bonds is 6. The molecule has 0 radical (unpaired) electrons. The molecule has 1 rings (SSSR count). The molecule has 5 nitrogen and oxygen atoms in total. The Bertz CT molecular complexity index is 370. The number of hydrogen-bond acceptors (Lipinski definition) is 3. The van der Waals surface area contributed by atoms with E-state index in [1.54, 1.807) is 12.1 Å². The maximum absolute atomic E-state index is 12.0. The maximum Gasteiger partial charge on any atom is 0.305 e. The van der Waals surface area contributed by atoms with E-state index in [-0.39, 0.29) is 30.6 Å². The molecule has 0 atom stereocenters. The van der Waals surface area contributed by atoms with Crippen LogP contribution in [0.5, 0.6) is 0 Å². The molecule has 0 fully saturated rings. The number of carbonyl (C=O) groups is 2. The summed E-state index contributed by atoms with van der Waals surface area (Å²) in [6.07, 6.45) is 1.37. The van der Waals surface area contributed by atoms with Gasteiger partial charge in [-0.2, -0.15) is 0 Å². The molecule has 0 bridgehead atoms. The molecule has 0 aliphatic carbocycles. The van der Waals surface area contributed by atoms with Gasteiger partial charge in [0.15, 0.2) is 5.76 Å². The van der Waals surface area contributed by atoms with Crippen LogP contribution >= 0.6 is 0 Å². The predicted octanol–water partition coefficient (Wildman–Crippen LogP) is 1.85. The van der Waals surface area contributed by atoms with Crippen LogP contribution in [0, 0.1) is 5.92 Å². The average Bonchev–Trinajstić information content (AvgIpc) is 2.75. The van der Waals surface area contributed by atoms with Gasteiger partial charge < -0.3 is 14.4 Å². The molecular formula is C12H17NO4. The van der Waals surface area contributed by atoms with E-state index in [9.17, 15) is 9.59 Å². The van der Waals surface area contributed by atoms with Gasteiger partial charge in [0.25, 0.3) is 5.91 Å². The third kappa shape index (κ3) is 4.30. The molecule has 0 unspecified atom stereocenters. The van der Waals surface area contributed by atoms with Crippen LogP contribution in [0.1, 0.15) is 30.8 Å². The Balaban J connectivity index is 2.68. The third-order valence-corrected chi connectivity index (χ3v) is 2.20. The Morgan fingerprint density at radius 2 is 2.18 bits per heavy atom. The van der Waals surface area contributed by atoms with Crippen molar-refractivity contribution in [1.82, 2.24) is 4.90 Å². The molecule has 94 valence electrons. The van der Waals surface area contributed by atoms with Gasteiger partial charge in [-0.1, -0.05) is 13.8 Å². The number of carboxylic acid groups (broad SMARTS) is 1. The zero-order chi connectivity index (χ0) is 12.8. The first-order chi connectivity index (χ1) is 8.00. The number of carbonyl (C=O) groups excluding carboxylic acids is 1. The first-order valence-corrected chi connectivity index (χ1v) is 5.55. The zero-order valence-electron chi connectivity index (χ0n) is 10.0. The van der Waals surface area contributed by atoms with E-state index >= 15 is 0 Å². The molecule has 1 amide bonds. The largest absolute Gasteiger partial charge is 0.481 e. The quantitative estimate of drug-likeness (QED) is 0.822. The smallest absolute Gasteiger partial charge is 0.305 e. The highest BCUT2D eigenvalue weighted by molar-refractivity contribution is 5.91. The van der Waals surface area contributed by atoms with Crippen LogP contribution in [0.4, 0.5) is 0 Å². The topological polar surface area (TPSA) is 70.8 Å². The number of aliphatic carboxylic acids is 1. The van der Waals surface area contributed by atoms with Crippen molar-refractivity contribution in [1.29, 1.82) is 0 Å². The van der Waals surface area contributed by atoms with Gasteiger partial charge in [-0.25, -0.2) is 0 Å². The number of carboxylic acids is 1. The molecule has 0 aliphatic heterocycles. The normalized spacial score (nSPS) is 10.5. The van der Waals surface area contributed by atoms with Crippen molar-refractivity contribution in [3.63, 3.8) is 0 Å². The summed E-state index contributed by atoms with van der Waals surface area (Å²) in [5, 5.41) is 8.65. The number of nitrogens with zero attached hydrogens (tertiary/aromatic N) is 1. The summed E-state index contributed by atoms with van der Waals surface area (Å²) in [7, 11) is 0. The molecule has 0 spiro atoms. The van der Waals surface area contributed by atoms with Crippen LogP contribution < -0.4 is 0 Å². The Kier molecular flexibility index (Phi) is 4.75. The molecule has 1 aromatic heterocycles. The molecular weight excluding hydrogens is 222 g/mol. The maximum atomic E-state index is 12.0. The van der Waals surface area contributed by atoms with E-state index in [0.717, 1.165) is 0 Å². The summed E-state index contributed by atoms with van der Waals surface area (Å²) in [6, 6.07) is 3.22. The summed E-state index contributed by atoms with van der Waals surface area (Å²) in [5.74, 6) is -0.644. The summed E-state index contributed by atoms with van der Waals surface area (Å²) in [5.41, 5.74) is 0. The van der Waals surface area contributed by atoms with Gasteiger partial charge in [-0.15, -0.1) is 0 Å². The van der Waals surface area contributed by atoms with Crippen LogP contribution in [0.3, 0.4) is 0 Å². The first-order valence-electron chi connectivity index (χ1n) is 5.55. The third-order valence-electron chi connectivity index (χ3n) is 2.20. The molecule has 0 saturated carbocycles. The fourth-order valence-corrected chi connectivity index (χ4v) is 1.50. The Labute approximate surface area is 100 Å². The zero-order valence-corrected chi connectivity index (χ0v) is 10.0. The predicted molar refractivity (Wildman–Crippen MR) is 61.7 cm³/mol. The lowest BCUT2D eigenvalue weighted by atomic mass is 10.2. The highest BCUT2D eigenvalue weighted by Gasteiger charge is 2.19. The van der Waals surface area contributed by atoms with Gasteiger partial charge in [0.2, 0.25) is 0 Å². The van der Waals surface area contributed by atoms with Gasteiger partial charge in [0, 0.05) is 13.1 Å². The van der Waals surface area contributed by atoms with Gasteiger partial charge in [-0.3, -0.25) is 9.59 Å². The Hall–Kier alpha value is -1.78. The van der Waals surface area contributed by atoms with Crippen molar-refractivity contribution in [2.75, 3.05) is 13.1 Å². The number of amides is 1. The SMILES string of the molecule is CC(C)CN(CCC(=O)O)C(=O)c1ccco1. The monoisotopic (exact) mass is 239 g/mol. The van der Waals surface area contributed by atoms with Crippen LogP contribution in [0.15, 0.2) is 22.8 Å². The molecule has 17 heavy (non-hydrogen) atoms.